The third-order valence-corrected chi connectivity index (χ3v) is 10.2. The van der Waals surface area contributed by atoms with Gasteiger partial charge in [-0.15, -0.1) is 23.1 Å². The molecule has 0 radical (unpaired) electrons. The van der Waals surface area contributed by atoms with Crippen LogP contribution in [0.15, 0.2) is 89.1 Å². The number of carboxylic acids is 1. The fourth-order valence-electron chi connectivity index (χ4n) is 5.29. The highest BCUT2D eigenvalue weighted by Crippen LogP contribution is 2.43. The maximum Gasteiger partial charge on any atom is 0.335 e. The van der Waals surface area contributed by atoms with E-state index >= 15 is 0 Å². The van der Waals surface area contributed by atoms with Crippen LogP contribution in [-0.2, 0) is 12.4 Å². The second-order valence-electron chi connectivity index (χ2n) is 11.0. The molecule has 1 heterocycles. The molecule has 1 aromatic heterocycles. The zero-order valence-electron chi connectivity index (χ0n) is 23.3. The molecule has 2 unspecified atom stereocenters. The van der Waals surface area contributed by atoms with E-state index in [1.807, 2.05) is 12.1 Å². The summed E-state index contributed by atoms with van der Waals surface area (Å²) in [4.78, 5) is 13.4. The Balaban J connectivity index is 1.10. The van der Waals surface area contributed by atoms with E-state index in [0.29, 0.717) is 18.1 Å². The molecule has 3 aromatic carbocycles. The van der Waals surface area contributed by atoms with Crippen molar-refractivity contribution >= 4 is 29.1 Å². The van der Waals surface area contributed by atoms with Crippen LogP contribution in [0.5, 0.6) is 5.75 Å². The largest absolute Gasteiger partial charge is 0.489 e. The number of hydrogen-bond donors (Lipinski definition) is 1. The zero-order chi connectivity index (χ0) is 27.9. The molecule has 1 fully saturated rings. The van der Waals surface area contributed by atoms with E-state index in [2.05, 4.69) is 73.8 Å². The quantitative estimate of drug-likeness (QED) is 0.153. The molecule has 208 valence electrons. The van der Waals surface area contributed by atoms with Gasteiger partial charge in [0.25, 0.3) is 0 Å². The fourth-order valence-corrected chi connectivity index (χ4v) is 7.14. The van der Waals surface area contributed by atoms with Gasteiger partial charge in [0.15, 0.2) is 0 Å². The van der Waals surface area contributed by atoms with Gasteiger partial charge in [0, 0.05) is 15.5 Å². The van der Waals surface area contributed by atoms with Crippen LogP contribution in [-0.4, -0.2) is 11.1 Å². The number of rotatable bonds is 14. The monoisotopic (exact) mass is 570 g/mol. The van der Waals surface area contributed by atoms with Crippen LogP contribution in [0.4, 0.5) is 0 Å². The van der Waals surface area contributed by atoms with E-state index < -0.39 is 5.97 Å². The van der Waals surface area contributed by atoms with Gasteiger partial charge in [-0.05, 0) is 114 Å². The summed E-state index contributed by atoms with van der Waals surface area (Å²) < 4.78 is 6.12. The molecular weight excluding hydrogens is 533 g/mol. The standard InChI is InChI=1S/C35H38O3S2/c1-3-4-26(9-10-30-19-24(30)2)27-11-15-32(16-12-27)38-21-25-5-7-28(8-6-25)31-20-34(39-22-31)23-40-33-17-13-29(14-18-33)35(36)37/h5-8,11-18,20,22,24,26,30H,3-4,9-10,19,21,23H2,1-2H3,(H,36,37)/t24-,26?,30?/m0/s1. The lowest BCUT2D eigenvalue weighted by atomic mass is 9.89. The molecule has 0 saturated heterocycles. The maximum atomic E-state index is 11.0. The molecule has 5 rings (SSSR count). The molecule has 3 nitrogen and oxygen atoms in total. The lowest BCUT2D eigenvalue weighted by molar-refractivity contribution is 0.0697. The summed E-state index contributed by atoms with van der Waals surface area (Å²) in [6.07, 6.45) is 6.60. The van der Waals surface area contributed by atoms with Crippen molar-refractivity contribution in [2.45, 2.75) is 69.1 Å². The Bertz CT molecular complexity index is 1370. The Morgan fingerprint density at radius 3 is 2.38 bits per heavy atom. The summed E-state index contributed by atoms with van der Waals surface area (Å²) >= 11 is 3.48. The Morgan fingerprint density at radius 1 is 1.00 bits per heavy atom. The van der Waals surface area contributed by atoms with E-state index in [1.165, 1.54) is 53.7 Å². The summed E-state index contributed by atoms with van der Waals surface area (Å²) in [6.45, 7) is 5.23. The summed E-state index contributed by atoms with van der Waals surface area (Å²) in [5.41, 5.74) is 5.36. The van der Waals surface area contributed by atoms with E-state index in [9.17, 15) is 4.79 Å². The first-order valence-corrected chi connectivity index (χ1v) is 16.2. The summed E-state index contributed by atoms with van der Waals surface area (Å²) in [7, 11) is 0. The van der Waals surface area contributed by atoms with E-state index in [0.717, 1.165) is 33.8 Å². The van der Waals surface area contributed by atoms with Crippen molar-refractivity contribution in [3.63, 3.8) is 0 Å². The van der Waals surface area contributed by atoms with Gasteiger partial charge in [-0.25, -0.2) is 4.79 Å². The molecule has 0 bridgehead atoms. The second kappa shape index (κ2) is 13.6. The topological polar surface area (TPSA) is 46.5 Å². The molecule has 1 aliphatic carbocycles. The van der Waals surface area contributed by atoms with E-state index in [4.69, 9.17) is 9.84 Å². The van der Waals surface area contributed by atoms with E-state index in [1.54, 1.807) is 35.2 Å². The van der Waals surface area contributed by atoms with Gasteiger partial charge in [0.1, 0.15) is 12.4 Å². The highest BCUT2D eigenvalue weighted by atomic mass is 32.2. The van der Waals surface area contributed by atoms with Gasteiger partial charge in [0.2, 0.25) is 0 Å². The predicted molar refractivity (Wildman–Crippen MR) is 168 cm³/mol. The van der Waals surface area contributed by atoms with Crippen molar-refractivity contribution in [1.82, 2.24) is 0 Å². The number of hydrogen-bond acceptors (Lipinski definition) is 4. The Hall–Kier alpha value is -3.02. The SMILES string of the molecule is CCCC(CCC1C[C@@H]1C)c1ccc(OCc2ccc(-c3csc(CSc4ccc(C(=O)O)cc4)c3)cc2)cc1. The maximum absolute atomic E-state index is 11.0. The predicted octanol–water partition coefficient (Wildman–Crippen LogP) is 10.3. The van der Waals surface area contributed by atoms with Crippen molar-refractivity contribution in [3.8, 4) is 16.9 Å². The Kier molecular flexibility index (Phi) is 9.66. The first kappa shape index (κ1) is 28.5. The van der Waals surface area contributed by atoms with Gasteiger partial charge in [-0.2, -0.15) is 0 Å². The molecule has 1 aliphatic rings. The van der Waals surface area contributed by atoms with Crippen molar-refractivity contribution in [1.29, 1.82) is 0 Å². The van der Waals surface area contributed by atoms with Crippen LogP contribution in [0.25, 0.3) is 11.1 Å². The molecule has 1 N–H and O–H groups in total. The number of aromatic carboxylic acids is 1. The average Bonchev–Trinajstić information content (AvgIpc) is 3.48. The summed E-state index contributed by atoms with van der Waals surface area (Å²) in [6, 6.07) is 26.8. The third kappa shape index (κ3) is 7.80. The Morgan fingerprint density at radius 2 is 1.73 bits per heavy atom. The minimum atomic E-state index is -0.893. The molecule has 0 aliphatic heterocycles. The molecule has 4 aromatic rings. The van der Waals surface area contributed by atoms with Crippen molar-refractivity contribution in [3.05, 3.63) is 106 Å². The summed E-state index contributed by atoms with van der Waals surface area (Å²) in [5, 5.41) is 11.3. The molecule has 0 spiro atoms. The van der Waals surface area contributed by atoms with Crippen LogP contribution < -0.4 is 4.74 Å². The van der Waals surface area contributed by atoms with Gasteiger partial charge in [-0.1, -0.05) is 56.7 Å². The number of carboxylic acid groups (broad SMARTS) is 1. The van der Waals surface area contributed by atoms with Crippen LogP contribution in [0.1, 0.15) is 78.2 Å². The first-order valence-electron chi connectivity index (χ1n) is 14.3. The minimum absolute atomic E-state index is 0.319. The molecule has 40 heavy (non-hydrogen) atoms. The summed E-state index contributed by atoms with van der Waals surface area (Å²) in [5.74, 6) is 3.47. The normalized spacial score (nSPS) is 16.9. The van der Waals surface area contributed by atoms with Crippen LogP contribution in [0, 0.1) is 11.8 Å². The Labute approximate surface area is 246 Å². The molecule has 5 heteroatoms. The zero-order valence-corrected chi connectivity index (χ0v) is 25.0. The van der Waals surface area contributed by atoms with Gasteiger partial charge in [0.05, 0.1) is 5.56 Å². The van der Waals surface area contributed by atoms with Crippen LogP contribution >= 0.6 is 23.1 Å². The first-order chi connectivity index (χ1) is 19.5. The van der Waals surface area contributed by atoms with Gasteiger partial charge < -0.3 is 9.84 Å². The van der Waals surface area contributed by atoms with Crippen molar-refractivity contribution < 1.29 is 14.6 Å². The number of carbonyl (C=O) groups is 1. The number of thioether (sulfide) groups is 1. The molecule has 0 amide bonds. The molecular formula is C35H38O3S2. The van der Waals surface area contributed by atoms with Crippen molar-refractivity contribution in [2.24, 2.45) is 11.8 Å². The fraction of sp³-hybridized carbons (Fsp3) is 0.343. The van der Waals surface area contributed by atoms with E-state index in [-0.39, 0.29) is 0 Å². The highest BCUT2D eigenvalue weighted by Gasteiger charge is 2.32. The number of benzene rings is 3. The minimum Gasteiger partial charge on any atom is -0.489 e. The highest BCUT2D eigenvalue weighted by molar-refractivity contribution is 7.98. The lowest BCUT2D eigenvalue weighted by Gasteiger charge is -2.17. The lowest BCUT2D eigenvalue weighted by Crippen LogP contribution is -2.01. The average molecular weight is 571 g/mol. The number of ether oxygens (including phenoxy) is 1. The third-order valence-electron chi connectivity index (χ3n) is 7.98. The smallest absolute Gasteiger partial charge is 0.335 e. The number of thiophene rings is 1. The second-order valence-corrected chi connectivity index (χ2v) is 13.1. The van der Waals surface area contributed by atoms with Crippen LogP contribution in [0.2, 0.25) is 0 Å². The molecule has 3 atom stereocenters. The molecule has 1 saturated carbocycles. The van der Waals surface area contributed by atoms with Crippen LogP contribution in [0.3, 0.4) is 0 Å². The van der Waals surface area contributed by atoms with Gasteiger partial charge >= 0.3 is 5.97 Å². The van der Waals surface area contributed by atoms with Gasteiger partial charge in [-0.3, -0.25) is 0 Å². The van der Waals surface area contributed by atoms with Crippen molar-refractivity contribution in [2.75, 3.05) is 0 Å².